The maximum atomic E-state index is 12.9. The van der Waals surface area contributed by atoms with Crippen LogP contribution in [0, 0.1) is 5.92 Å². The van der Waals surface area contributed by atoms with Crippen LogP contribution in [0.5, 0.6) is 11.5 Å². The number of nitrogens with one attached hydrogen (secondary N) is 2. The third-order valence-corrected chi connectivity index (χ3v) is 8.10. The van der Waals surface area contributed by atoms with Gasteiger partial charge in [0.05, 0.1) is 19.1 Å². The first-order chi connectivity index (χ1) is 15.9. The quantitative estimate of drug-likeness (QED) is 0.526. The van der Waals surface area contributed by atoms with Gasteiger partial charge in [-0.15, -0.1) is 0 Å². The summed E-state index contributed by atoms with van der Waals surface area (Å²) in [6.07, 6.45) is 3.67. The Morgan fingerprint density at radius 2 is 1.73 bits per heavy atom. The highest BCUT2D eigenvalue weighted by atomic mass is 32.2. The zero-order chi connectivity index (χ0) is 23.4. The molecule has 9 heteroatoms. The molecule has 0 bridgehead atoms. The molecule has 0 atom stereocenters. The maximum Gasteiger partial charge on any atom is 0.243 e. The average molecular weight is 472 g/mol. The van der Waals surface area contributed by atoms with Gasteiger partial charge in [0, 0.05) is 42.7 Å². The second-order valence-electron chi connectivity index (χ2n) is 8.12. The number of fused-ring (bicyclic) bond motifs is 1. The second kappa shape index (κ2) is 9.84. The lowest BCUT2D eigenvalue weighted by atomic mass is 9.97. The maximum absolute atomic E-state index is 12.9. The zero-order valence-electron chi connectivity index (χ0n) is 18.8. The van der Waals surface area contributed by atoms with E-state index < -0.39 is 10.0 Å². The first-order valence-electron chi connectivity index (χ1n) is 11.0. The molecule has 2 heterocycles. The zero-order valence-corrected chi connectivity index (χ0v) is 19.7. The fraction of sp³-hybridized carbons (Fsp3) is 0.375. The van der Waals surface area contributed by atoms with Crippen LogP contribution in [0.3, 0.4) is 0 Å². The van der Waals surface area contributed by atoms with Gasteiger partial charge in [-0.05, 0) is 67.3 Å². The number of methoxy groups -OCH3 is 2. The lowest BCUT2D eigenvalue weighted by Gasteiger charge is -2.30. The van der Waals surface area contributed by atoms with Crippen molar-refractivity contribution < 1.29 is 22.7 Å². The second-order valence-corrected chi connectivity index (χ2v) is 10.1. The van der Waals surface area contributed by atoms with E-state index in [9.17, 15) is 13.2 Å². The van der Waals surface area contributed by atoms with E-state index >= 15 is 0 Å². The molecule has 1 fully saturated rings. The molecule has 1 amide bonds. The van der Waals surface area contributed by atoms with Crippen molar-refractivity contribution in [3.63, 3.8) is 0 Å². The minimum absolute atomic E-state index is 0.0195. The van der Waals surface area contributed by atoms with Crippen molar-refractivity contribution in [3.8, 4) is 11.5 Å². The standard InChI is InChI=1S/C24H29N3O5S/c1-31-19-3-6-21(7-4-19)33(29,30)27-13-10-17(11-14-27)24(28)25-12-9-18-16-26-23-8-5-20(32-2)15-22(18)23/h3-8,15-17,26H,9-14H2,1-2H3,(H,25,28). The molecule has 2 aromatic carbocycles. The summed E-state index contributed by atoms with van der Waals surface area (Å²) in [5, 5.41) is 4.10. The summed E-state index contributed by atoms with van der Waals surface area (Å²) in [7, 11) is -0.398. The van der Waals surface area contributed by atoms with Crippen LogP contribution in [-0.2, 0) is 21.2 Å². The molecule has 33 heavy (non-hydrogen) atoms. The summed E-state index contributed by atoms with van der Waals surface area (Å²) >= 11 is 0. The molecule has 0 spiro atoms. The van der Waals surface area contributed by atoms with Crippen molar-refractivity contribution in [2.75, 3.05) is 33.9 Å². The van der Waals surface area contributed by atoms with Gasteiger partial charge in [0.2, 0.25) is 15.9 Å². The number of rotatable bonds is 8. The number of carbonyl (C=O) groups excluding carboxylic acids is 1. The molecule has 0 saturated carbocycles. The molecule has 0 aliphatic carbocycles. The third-order valence-electron chi connectivity index (χ3n) is 6.19. The number of hydrogen-bond donors (Lipinski definition) is 2. The predicted molar refractivity (Wildman–Crippen MR) is 126 cm³/mol. The summed E-state index contributed by atoms with van der Waals surface area (Å²) in [4.78, 5) is 16.1. The van der Waals surface area contributed by atoms with E-state index in [0.29, 0.717) is 44.6 Å². The molecule has 1 aliphatic heterocycles. The van der Waals surface area contributed by atoms with Crippen LogP contribution in [0.2, 0.25) is 0 Å². The molecule has 1 aromatic heterocycles. The van der Waals surface area contributed by atoms with Crippen LogP contribution in [0.25, 0.3) is 10.9 Å². The molecule has 176 valence electrons. The molecule has 8 nitrogen and oxygen atoms in total. The minimum Gasteiger partial charge on any atom is -0.497 e. The van der Waals surface area contributed by atoms with Crippen LogP contribution in [0.4, 0.5) is 0 Å². The van der Waals surface area contributed by atoms with Crippen LogP contribution in [0.1, 0.15) is 18.4 Å². The highest BCUT2D eigenvalue weighted by molar-refractivity contribution is 7.89. The molecule has 1 aliphatic rings. The van der Waals surface area contributed by atoms with Crippen LogP contribution in [0.15, 0.2) is 53.6 Å². The van der Waals surface area contributed by atoms with Crippen LogP contribution in [-0.4, -0.2) is 57.5 Å². The number of amides is 1. The third kappa shape index (κ3) is 4.99. The smallest absolute Gasteiger partial charge is 0.243 e. The van der Waals surface area contributed by atoms with Gasteiger partial charge in [0.15, 0.2) is 0 Å². The Hall–Kier alpha value is -3.04. The highest BCUT2D eigenvalue weighted by Gasteiger charge is 2.32. The number of piperidine rings is 1. The van der Waals surface area contributed by atoms with E-state index in [1.165, 1.54) is 11.4 Å². The van der Waals surface area contributed by atoms with Gasteiger partial charge in [-0.1, -0.05) is 0 Å². The number of benzene rings is 2. The molecule has 4 rings (SSSR count). The predicted octanol–water partition coefficient (Wildman–Crippen LogP) is 2.94. The number of carbonyl (C=O) groups is 1. The summed E-state index contributed by atoms with van der Waals surface area (Å²) < 4.78 is 37.6. The van der Waals surface area contributed by atoms with Gasteiger partial charge in [0.1, 0.15) is 11.5 Å². The van der Waals surface area contributed by atoms with Gasteiger partial charge >= 0.3 is 0 Å². The van der Waals surface area contributed by atoms with Gasteiger partial charge in [-0.3, -0.25) is 4.79 Å². The summed E-state index contributed by atoms with van der Waals surface area (Å²) in [6, 6.07) is 12.2. The van der Waals surface area contributed by atoms with Crippen LogP contribution >= 0.6 is 0 Å². The summed E-state index contributed by atoms with van der Waals surface area (Å²) in [5.41, 5.74) is 2.15. The number of sulfonamides is 1. The fourth-order valence-corrected chi connectivity index (χ4v) is 5.68. The van der Waals surface area contributed by atoms with Crippen molar-refractivity contribution in [2.45, 2.75) is 24.2 Å². The molecule has 2 N–H and O–H groups in total. The van der Waals surface area contributed by atoms with E-state index in [1.54, 1.807) is 31.4 Å². The van der Waals surface area contributed by atoms with E-state index in [-0.39, 0.29) is 16.7 Å². The van der Waals surface area contributed by atoms with Gasteiger partial charge < -0.3 is 19.8 Å². The number of nitrogens with zero attached hydrogens (tertiary/aromatic N) is 1. The van der Waals surface area contributed by atoms with Crippen molar-refractivity contribution in [2.24, 2.45) is 5.92 Å². The number of H-pyrrole nitrogens is 1. The number of ether oxygens (including phenoxy) is 2. The first-order valence-corrected chi connectivity index (χ1v) is 12.4. The Morgan fingerprint density at radius 1 is 1.06 bits per heavy atom. The van der Waals surface area contributed by atoms with Crippen molar-refractivity contribution >= 4 is 26.8 Å². The average Bonchev–Trinajstić information content (AvgIpc) is 3.26. The lowest BCUT2D eigenvalue weighted by Crippen LogP contribution is -2.43. The molecule has 3 aromatic rings. The van der Waals surface area contributed by atoms with Crippen molar-refractivity contribution in [3.05, 3.63) is 54.2 Å². The normalized spacial score (nSPS) is 15.5. The largest absolute Gasteiger partial charge is 0.497 e. The van der Waals surface area contributed by atoms with E-state index in [1.807, 2.05) is 24.4 Å². The molecule has 0 unspecified atom stereocenters. The number of aromatic amines is 1. The Labute approximate surface area is 193 Å². The van der Waals surface area contributed by atoms with E-state index in [4.69, 9.17) is 9.47 Å². The fourth-order valence-electron chi connectivity index (χ4n) is 4.21. The Balaban J connectivity index is 1.29. The molecular formula is C24H29N3O5S. The van der Waals surface area contributed by atoms with Gasteiger partial charge in [0.25, 0.3) is 0 Å². The van der Waals surface area contributed by atoms with Gasteiger partial charge in [-0.25, -0.2) is 8.42 Å². The Kier molecular flexibility index (Phi) is 6.90. The molecule has 1 saturated heterocycles. The molecule has 0 radical (unpaired) electrons. The van der Waals surface area contributed by atoms with E-state index in [2.05, 4.69) is 10.3 Å². The van der Waals surface area contributed by atoms with Crippen molar-refractivity contribution in [1.29, 1.82) is 0 Å². The first kappa shape index (κ1) is 23.1. The monoisotopic (exact) mass is 471 g/mol. The summed E-state index contributed by atoms with van der Waals surface area (Å²) in [6.45, 7) is 1.18. The molecular weight excluding hydrogens is 442 g/mol. The lowest BCUT2D eigenvalue weighted by molar-refractivity contribution is -0.126. The minimum atomic E-state index is -3.58. The van der Waals surface area contributed by atoms with E-state index in [0.717, 1.165) is 22.2 Å². The Bertz CT molecular complexity index is 1210. The highest BCUT2D eigenvalue weighted by Crippen LogP contribution is 2.26. The number of aromatic nitrogens is 1. The van der Waals surface area contributed by atoms with Gasteiger partial charge in [-0.2, -0.15) is 4.31 Å². The SMILES string of the molecule is COc1ccc(S(=O)(=O)N2CCC(C(=O)NCCc3c[nH]c4ccc(OC)cc34)CC2)cc1. The number of hydrogen-bond acceptors (Lipinski definition) is 5. The summed E-state index contributed by atoms with van der Waals surface area (Å²) in [5.74, 6) is 1.20. The van der Waals surface area contributed by atoms with Crippen molar-refractivity contribution in [1.82, 2.24) is 14.6 Å². The Morgan fingerprint density at radius 3 is 2.39 bits per heavy atom. The van der Waals surface area contributed by atoms with Crippen LogP contribution < -0.4 is 14.8 Å². The topological polar surface area (TPSA) is 101 Å².